The quantitative estimate of drug-likeness (QED) is 0.770. The molecular weight excluding hydrogens is 232 g/mol. The van der Waals surface area contributed by atoms with E-state index in [2.05, 4.69) is 43.7 Å². The summed E-state index contributed by atoms with van der Waals surface area (Å²) < 4.78 is 5.12. The number of carbonyl (C=O) groups is 1. The summed E-state index contributed by atoms with van der Waals surface area (Å²) in [5, 5.41) is -0.0647. The van der Waals surface area contributed by atoms with Gasteiger partial charge in [-0.2, -0.15) is 0 Å². The third-order valence-electron chi connectivity index (χ3n) is 3.13. The van der Waals surface area contributed by atoms with Crippen molar-refractivity contribution in [2.24, 2.45) is 0 Å². The van der Waals surface area contributed by atoms with Gasteiger partial charge in [-0.1, -0.05) is 17.7 Å². The van der Waals surface area contributed by atoms with Gasteiger partial charge in [-0.3, -0.25) is 4.79 Å². The molecular formula is C14H22O2S. The zero-order chi connectivity index (χ0) is 13.1. The lowest BCUT2D eigenvalue weighted by molar-refractivity contribution is -0.142. The average molecular weight is 254 g/mol. The monoisotopic (exact) mass is 254 g/mol. The molecule has 0 saturated carbocycles. The van der Waals surface area contributed by atoms with E-state index in [4.69, 9.17) is 4.74 Å². The van der Waals surface area contributed by atoms with E-state index >= 15 is 0 Å². The summed E-state index contributed by atoms with van der Waals surface area (Å²) in [5.41, 5.74) is 1.24. The molecule has 0 amide bonds. The Morgan fingerprint density at radius 2 is 1.82 bits per heavy atom. The summed E-state index contributed by atoms with van der Waals surface area (Å²) in [6.45, 7) is 6.33. The summed E-state index contributed by atoms with van der Waals surface area (Å²) in [4.78, 5) is 13.1. The van der Waals surface area contributed by atoms with E-state index < -0.39 is 10.0 Å². The smallest absolute Gasteiger partial charge is 0.317 e. The van der Waals surface area contributed by atoms with Gasteiger partial charge < -0.3 is 4.74 Å². The molecule has 0 aliphatic rings. The molecule has 17 heavy (non-hydrogen) atoms. The molecule has 0 bridgehead atoms. The lowest BCUT2D eigenvalue weighted by Gasteiger charge is -2.36. The summed E-state index contributed by atoms with van der Waals surface area (Å²) in [6, 6.07) is 8.45. The Labute approximate surface area is 106 Å². The fraction of sp³-hybridized carbons (Fsp3) is 0.500. The Kier molecular flexibility index (Phi) is 4.63. The van der Waals surface area contributed by atoms with Crippen LogP contribution in [-0.4, -0.2) is 30.3 Å². The molecule has 0 aromatic heterocycles. The van der Waals surface area contributed by atoms with Crippen molar-refractivity contribution in [1.29, 1.82) is 0 Å². The minimum absolute atomic E-state index is 0.0647. The van der Waals surface area contributed by atoms with Crippen molar-refractivity contribution >= 4 is 16.0 Å². The first-order valence-electron chi connectivity index (χ1n) is 5.85. The molecule has 0 aliphatic carbocycles. The summed E-state index contributed by atoms with van der Waals surface area (Å²) in [7, 11) is -1.15. The van der Waals surface area contributed by atoms with Gasteiger partial charge in [0, 0.05) is 0 Å². The maximum absolute atomic E-state index is 11.8. The predicted octanol–water partition coefficient (Wildman–Crippen LogP) is 3.37. The van der Waals surface area contributed by atoms with Crippen molar-refractivity contribution in [2.75, 3.05) is 19.1 Å². The molecule has 0 fully saturated rings. The van der Waals surface area contributed by atoms with Gasteiger partial charge >= 0.3 is 5.97 Å². The summed E-state index contributed by atoms with van der Waals surface area (Å²) in [5.74, 6) is -0.0897. The van der Waals surface area contributed by atoms with Gasteiger partial charge in [-0.25, -0.2) is 10.0 Å². The van der Waals surface area contributed by atoms with Gasteiger partial charge in [-0.15, -0.1) is 0 Å². The number of aryl methyl sites for hydroxylation is 1. The maximum atomic E-state index is 11.8. The van der Waals surface area contributed by atoms with Gasteiger partial charge in [-0.05, 0) is 50.3 Å². The average Bonchev–Trinajstić information content (AvgIpc) is 2.29. The zero-order valence-corrected chi connectivity index (χ0v) is 12.1. The standard InChI is InChI=1S/C14H22O2S/c1-6-16-14(15)12(3)17(4,5)13-9-7-11(2)8-10-13/h7-10,12H,6H2,1-5H3. The molecule has 3 heteroatoms. The Balaban J connectivity index is 2.93. The number of hydrogen-bond donors (Lipinski definition) is 0. The van der Waals surface area contributed by atoms with Crippen LogP contribution in [0.3, 0.4) is 0 Å². The third-order valence-corrected chi connectivity index (χ3v) is 6.58. The van der Waals surface area contributed by atoms with E-state index in [-0.39, 0.29) is 11.2 Å². The molecule has 0 heterocycles. The molecule has 1 rings (SSSR count). The van der Waals surface area contributed by atoms with E-state index in [1.165, 1.54) is 10.5 Å². The normalized spacial score (nSPS) is 14.2. The van der Waals surface area contributed by atoms with Crippen LogP contribution in [0.15, 0.2) is 29.2 Å². The Bertz CT molecular complexity index is 382. The van der Waals surface area contributed by atoms with E-state index in [0.717, 1.165) is 0 Å². The lowest BCUT2D eigenvalue weighted by atomic mass is 10.2. The van der Waals surface area contributed by atoms with Crippen LogP contribution in [0.4, 0.5) is 0 Å². The van der Waals surface area contributed by atoms with Gasteiger partial charge in [0.15, 0.2) is 0 Å². The second-order valence-electron chi connectivity index (χ2n) is 4.61. The largest absolute Gasteiger partial charge is 0.465 e. The van der Waals surface area contributed by atoms with E-state index in [1.807, 2.05) is 13.8 Å². The van der Waals surface area contributed by atoms with Crippen LogP contribution < -0.4 is 0 Å². The predicted molar refractivity (Wildman–Crippen MR) is 75.0 cm³/mol. The van der Waals surface area contributed by atoms with Gasteiger partial charge in [0.25, 0.3) is 0 Å². The van der Waals surface area contributed by atoms with Crippen molar-refractivity contribution < 1.29 is 9.53 Å². The first-order chi connectivity index (χ1) is 7.89. The van der Waals surface area contributed by atoms with Gasteiger partial charge in [0.2, 0.25) is 0 Å². The highest BCUT2D eigenvalue weighted by Crippen LogP contribution is 2.53. The minimum atomic E-state index is -1.15. The minimum Gasteiger partial charge on any atom is -0.465 e. The second kappa shape index (κ2) is 5.58. The number of ether oxygens (including phenoxy) is 1. The Hall–Kier alpha value is -0.960. The van der Waals surface area contributed by atoms with Crippen molar-refractivity contribution in [3.8, 4) is 0 Å². The highest BCUT2D eigenvalue weighted by Gasteiger charge is 2.29. The van der Waals surface area contributed by atoms with Crippen molar-refractivity contribution in [2.45, 2.75) is 30.9 Å². The van der Waals surface area contributed by atoms with Gasteiger partial charge in [0.1, 0.15) is 0 Å². The number of hydrogen-bond acceptors (Lipinski definition) is 2. The first kappa shape index (κ1) is 14.1. The first-order valence-corrected chi connectivity index (χ1v) is 8.36. The SMILES string of the molecule is CCOC(=O)C(C)S(C)(C)c1ccc(C)cc1. The zero-order valence-electron chi connectivity index (χ0n) is 11.3. The summed E-state index contributed by atoms with van der Waals surface area (Å²) in [6.07, 6.45) is 4.33. The fourth-order valence-electron chi connectivity index (χ4n) is 1.59. The Morgan fingerprint density at radius 1 is 1.29 bits per heavy atom. The van der Waals surface area contributed by atoms with Crippen LogP contribution in [0.25, 0.3) is 0 Å². The number of esters is 1. The van der Waals surface area contributed by atoms with Crippen molar-refractivity contribution in [3.63, 3.8) is 0 Å². The van der Waals surface area contributed by atoms with Crippen molar-refractivity contribution in [1.82, 2.24) is 0 Å². The molecule has 0 N–H and O–H groups in total. The van der Waals surface area contributed by atoms with E-state index in [0.29, 0.717) is 6.61 Å². The molecule has 1 unspecified atom stereocenters. The maximum Gasteiger partial charge on any atom is 0.317 e. The second-order valence-corrected chi connectivity index (χ2v) is 8.60. The molecule has 1 aromatic rings. The molecule has 0 spiro atoms. The molecule has 1 atom stereocenters. The van der Waals surface area contributed by atoms with Crippen LogP contribution >= 0.6 is 10.0 Å². The van der Waals surface area contributed by atoms with Crippen LogP contribution in [0.1, 0.15) is 19.4 Å². The highest BCUT2D eigenvalue weighted by atomic mass is 32.3. The number of rotatable bonds is 4. The lowest BCUT2D eigenvalue weighted by Crippen LogP contribution is -2.25. The molecule has 0 saturated heterocycles. The van der Waals surface area contributed by atoms with Crippen molar-refractivity contribution in [3.05, 3.63) is 29.8 Å². The molecule has 0 radical (unpaired) electrons. The Morgan fingerprint density at radius 3 is 2.29 bits per heavy atom. The molecule has 96 valence electrons. The van der Waals surface area contributed by atoms with Crippen LogP contribution in [0.2, 0.25) is 0 Å². The van der Waals surface area contributed by atoms with E-state index in [9.17, 15) is 4.79 Å². The highest BCUT2D eigenvalue weighted by molar-refractivity contribution is 8.33. The van der Waals surface area contributed by atoms with Crippen LogP contribution in [0.5, 0.6) is 0 Å². The molecule has 1 aromatic carbocycles. The van der Waals surface area contributed by atoms with E-state index in [1.54, 1.807) is 0 Å². The molecule has 0 aliphatic heterocycles. The summed E-state index contributed by atoms with van der Waals surface area (Å²) >= 11 is 0. The topological polar surface area (TPSA) is 26.3 Å². The fourth-order valence-corrected chi connectivity index (χ4v) is 3.39. The third kappa shape index (κ3) is 3.25. The van der Waals surface area contributed by atoms with Gasteiger partial charge in [0.05, 0.1) is 11.9 Å². The number of benzene rings is 1. The molecule has 2 nitrogen and oxygen atoms in total. The van der Waals surface area contributed by atoms with Crippen LogP contribution in [-0.2, 0) is 9.53 Å². The van der Waals surface area contributed by atoms with Crippen LogP contribution in [0, 0.1) is 6.92 Å². The number of carbonyl (C=O) groups excluding carboxylic acids is 1.